The van der Waals surface area contributed by atoms with E-state index < -0.39 is 125 Å². The molecule has 0 spiro atoms. The predicted octanol–water partition coefficient (Wildman–Crippen LogP) is 17.1. The van der Waals surface area contributed by atoms with Crippen LogP contribution in [0, 0.1) is 46.8 Å². The van der Waals surface area contributed by atoms with E-state index in [4.69, 9.17) is 41.0 Å². The van der Waals surface area contributed by atoms with E-state index in [-0.39, 0.29) is 56.1 Å². The van der Waals surface area contributed by atoms with Gasteiger partial charge in [-0.2, -0.15) is 52.7 Å². The van der Waals surface area contributed by atoms with E-state index in [1.54, 1.807) is 43.3 Å². The molecule has 5 fully saturated rings. The summed E-state index contributed by atoms with van der Waals surface area (Å²) in [6.07, 6.45) is -0.360. The van der Waals surface area contributed by atoms with Crippen molar-refractivity contribution in [2.45, 2.75) is 156 Å². The van der Waals surface area contributed by atoms with E-state index in [0.29, 0.717) is 55.5 Å². The highest BCUT2D eigenvalue weighted by molar-refractivity contribution is 9.09. The molecule has 49 heteroatoms. The molecule has 5 aliphatic rings. The van der Waals surface area contributed by atoms with Crippen LogP contribution in [0.3, 0.4) is 0 Å². The zero-order valence-electron chi connectivity index (χ0n) is 83.2. The van der Waals surface area contributed by atoms with Crippen LogP contribution in [0.5, 0.6) is 17.2 Å². The van der Waals surface area contributed by atoms with Gasteiger partial charge in [-0.05, 0) is 290 Å². The molecule has 0 saturated carbocycles. The van der Waals surface area contributed by atoms with Gasteiger partial charge < -0.3 is 95.9 Å². The smallest absolute Gasteiger partial charge is 0.417 e. The van der Waals surface area contributed by atoms with E-state index in [1.807, 2.05) is 24.3 Å². The Morgan fingerprint density at radius 2 is 0.767 bits per heavy atom. The number of ether oxygens (including phenoxy) is 4. The van der Waals surface area contributed by atoms with Crippen molar-refractivity contribution in [3.8, 4) is 22.9 Å². The van der Waals surface area contributed by atoms with Gasteiger partial charge in [0.05, 0.1) is 95.9 Å². The lowest BCUT2D eigenvalue weighted by atomic mass is 10.1. The fourth-order valence-corrected chi connectivity index (χ4v) is 15.2. The Bertz CT molecular complexity index is 5960. The largest absolute Gasteiger partial charge is 0.494 e. The van der Waals surface area contributed by atoms with E-state index in [2.05, 4.69) is 69.4 Å². The fourth-order valence-electron chi connectivity index (χ4n) is 15.0. The van der Waals surface area contributed by atoms with Crippen molar-refractivity contribution < 1.29 is 141 Å². The molecule has 0 bridgehead atoms. The Labute approximate surface area is 863 Å². The van der Waals surface area contributed by atoms with Gasteiger partial charge in [-0.25, -0.2) is 33.7 Å². The maximum Gasteiger partial charge on any atom is 0.417 e. The number of carbonyl (C=O) groups is 3. The van der Waals surface area contributed by atoms with E-state index in [1.165, 1.54) is 197 Å². The Morgan fingerprint density at radius 1 is 0.447 bits per heavy atom. The zero-order valence-corrected chi connectivity index (χ0v) is 84.8. The van der Waals surface area contributed by atoms with Crippen LogP contribution in [0.1, 0.15) is 160 Å². The molecule has 3 aromatic heterocycles. The Kier molecular flexibility index (Phi) is 58.5. The molecule has 8 heterocycles. The van der Waals surface area contributed by atoms with Gasteiger partial charge in [0.1, 0.15) is 28.9 Å². The number of hydrogen-bond acceptors (Lipinski definition) is 28. The van der Waals surface area contributed by atoms with Crippen LogP contribution in [0.25, 0.3) is 38.4 Å². The third-order valence-corrected chi connectivity index (χ3v) is 22.4. The fraction of sp³-hybridized carbons (Fsp3) is 0.436. The molecule has 14 N–H and O–H groups in total. The number of benzene rings is 8. The number of hydrogen-bond donors (Lipinski definition) is 6. The average molecular weight is 2200 g/mol. The highest BCUT2D eigenvalue weighted by Gasteiger charge is 2.39. The zero-order chi connectivity index (χ0) is 108. The molecule has 0 aliphatic carbocycles. The number of likely N-dealkylation sites (tertiary alicyclic amines) is 4. The first-order valence-corrected chi connectivity index (χ1v) is 48.2. The van der Waals surface area contributed by atoms with Crippen LogP contribution in [-0.4, -0.2) is 229 Å². The number of non-ortho nitro benzene ring substituents is 2. The lowest BCUT2D eigenvalue weighted by Crippen LogP contribution is -2.24. The van der Waals surface area contributed by atoms with Gasteiger partial charge in [0, 0.05) is 108 Å². The van der Waals surface area contributed by atoms with Gasteiger partial charge in [-0.1, -0.05) is 40.2 Å². The number of halogens is 14. The number of aryl methyl sites for hydroxylation is 3. The van der Waals surface area contributed by atoms with Crippen molar-refractivity contribution in [2.75, 3.05) is 141 Å². The van der Waals surface area contributed by atoms with E-state index in [9.17, 15) is 106 Å². The summed E-state index contributed by atoms with van der Waals surface area (Å²) in [7, 11) is 0. The third-order valence-electron chi connectivity index (χ3n) is 21.8. The first-order valence-electron chi connectivity index (χ1n) is 47.0. The minimum Gasteiger partial charge on any atom is -0.494 e. The number of nitro benzene ring substituents is 2. The van der Waals surface area contributed by atoms with Crippen molar-refractivity contribution in [3.05, 3.63) is 273 Å². The normalized spacial score (nSPS) is 13.7. The summed E-state index contributed by atoms with van der Waals surface area (Å²) in [4.78, 5) is 107. The number of rotatable bonds is 24. The van der Waals surface area contributed by atoms with Crippen molar-refractivity contribution in [2.24, 2.45) is 0 Å². The van der Waals surface area contributed by atoms with Gasteiger partial charge in [0.15, 0.2) is 11.8 Å². The summed E-state index contributed by atoms with van der Waals surface area (Å²) in [6.45, 7) is 26.0. The number of carboxylic acid groups (broad SMARTS) is 1. The summed E-state index contributed by atoms with van der Waals surface area (Å²) in [5.41, 5.74) is 3.65. The number of nitrogens with zero attached hydrogens (tertiary/aromatic N) is 10. The van der Waals surface area contributed by atoms with Gasteiger partial charge in [-0.15, -0.1) is 0 Å². The standard InChI is InChI=1S/C23H24F3N3O2.C13H18N2O3.C13H20N2O.2C10H6F3NO2.C8H6F3NO2.C7H15NO.C6H4FNO2.C4H9N.C4H6O3.C3H7BrO.3H2O/c1-16-27-20-7-4-6-19(23(24,25)26)21(20)22(30)29(16)17-8-10-18(11-9-17)31-15-5-14-28-12-2-3-13-28;16-15(17)12-4-6-13(7-5-12)18-11-3-10-14-8-1-2-9-14;14-12-4-6-13(7-5-12)16-11-3-10-15-8-1-2-9-15;2*1-5-14-7-4-2-3-6(10(11,12)13)8(7)9(15)16-5;9-8(10,11)4-2-1-3-5(12)6(4)7(13)14;9-7-3-6-8-4-1-2-5-8;7-5-1-3-6(4-2-5)8(9)10;1-2-4-5-3-1;1-3(5)7-4(2)6;4-2-1-3-5;;;/h4,6-11H,2-3,5,12-15H2,1H3;4-7H,1-3,8-11H2;4-7H,1-3,8-11,14H2;2*2-4H,1H3;1-3H,12H2,(H,13,14);9H,1-7H2;1-4H;5H,1-4H2;1-2H3;5H,1-3H2;3*1H2. The number of fused-ring (bicyclic) bond motifs is 3. The number of aromatic nitrogens is 4. The molecule has 8 aromatic carbocycles. The van der Waals surface area contributed by atoms with Crippen LogP contribution in [0.2, 0.25) is 0 Å². The number of nitro groups is 2. The topological polar surface area (TPSA) is 528 Å². The number of alkyl halides is 13. The number of aromatic carboxylic acids is 1. The summed E-state index contributed by atoms with van der Waals surface area (Å²) in [6, 6.07) is 38.1. The number of nitrogens with one attached hydrogen (secondary N) is 1. The molecule has 5 aliphatic heterocycles. The van der Waals surface area contributed by atoms with Gasteiger partial charge in [0.25, 0.3) is 16.9 Å². The van der Waals surface area contributed by atoms with Crippen LogP contribution in [0.15, 0.2) is 193 Å². The van der Waals surface area contributed by atoms with E-state index >= 15 is 0 Å². The first-order chi connectivity index (χ1) is 69.7. The Balaban J connectivity index is 0.000000438. The highest BCUT2D eigenvalue weighted by Crippen LogP contribution is 2.38. The molecule has 0 radical (unpaired) electrons. The summed E-state index contributed by atoms with van der Waals surface area (Å²) < 4.78 is 196. The molecule has 0 atom stereocenters. The lowest BCUT2D eigenvalue weighted by Gasteiger charge is -2.15. The number of esters is 2. The molecule has 826 valence electrons. The maximum atomic E-state index is 13.4. The molecule has 0 unspecified atom stereocenters. The molecule has 0 amide bonds. The molecular formula is C101H127BrF13N13O22. The number of anilines is 2. The molecule has 35 nitrogen and oxygen atoms in total. The van der Waals surface area contributed by atoms with Crippen molar-refractivity contribution in [3.63, 3.8) is 0 Å². The SMILES string of the molecule is C1CCNC1.CC(=O)OC(C)=O.Cc1nc2cccc(C(F)(F)F)c2c(=O)n1-c1ccc(OCCCN2CCCC2)cc1.Cc1nc2cccc(C(F)(F)F)c2c(=O)o1.Cc1nc2cccc(C(F)(F)F)c2c(=O)o1.Nc1ccc(OCCCN2CCCC2)cc1.Nc1cccc(C(F)(F)F)c1C(=O)O.O.O.O.O=[N+]([O-])c1ccc(F)cc1.O=[N+]([O-])c1ccc(OCCCN2CCCC2)cc1.OCCCBr.OCCCN1CCCC1. The van der Waals surface area contributed by atoms with Crippen molar-refractivity contribution in [1.29, 1.82) is 0 Å². The lowest BCUT2D eigenvalue weighted by molar-refractivity contribution is -0.385. The number of nitrogens with two attached hydrogens (primary N) is 2. The number of carbonyl (C=O) groups excluding carboxylic acids is 2. The molecule has 11 aromatic rings. The monoisotopic (exact) mass is 2200 g/mol. The molecule has 5 saturated heterocycles. The predicted molar refractivity (Wildman–Crippen MR) is 543 cm³/mol. The minimum atomic E-state index is -4.71. The Morgan fingerprint density at radius 3 is 1.07 bits per heavy atom. The van der Waals surface area contributed by atoms with Gasteiger partial charge in [0.2, 0.25) is 0 Å². The number of nitrogen functional groups attached to an aromatic ring is 2. The summed E-state index contributed by atoms with van der Waals surface area (Å²) in [5, 5.41) is 48.2. The Hall–Kier alpha value is -13.2. The number of aliphatic hydroxyl groups is 2. The summed E-state index contributed by atoms with van der Waals surface area (Å²) >= 11 is 3.15. The van der Waals surface area contributed by atoms with E-state index in [0.717, 1.165) is 149 Å². The average Bonchev–Trinajstić information content (AvgIpc) is 1.32. The number of aliphatic hydroxyl groups excluding tert-OH is 2. The molecular weight excluding hydrogens is 2070 g/mol. The molecule has 16 rings (SSSR count). The highest BCUT2D eigenvalue weighted by atomic mass is 79.9. The second-order valence-electron chi connectivity index (χ2n) is 33.2. The van der Waals surface area contributed by atoms with Crippen molar-refractivity contribution in [1.82, 2.24) is 44.4 Å². The minimum absolute atomic E-state index is 0. The third kappa shape index (κ3) is 46.9. The van der Waals surface area contributed by atoms with Crippen LogP contribution < -0.4 is 47.8 Å². The van der Waals surface area contributed by atoms with Crippen molar-refractivity contribution >= 4 is 89.3 Å². The molecule has 150 heavy (non-hydrogen) atoms. The van der Waals surface area contributed by atoms with Crippen LogP contribution in [-0.2, 0) is 39.0 Å². The first kappa shape index (κ1) is 131. The quantitative estimate of drug-likeness (QED) is 0.00478. The second kappa shape index (κ2) is 67.0. The van der Waals surface area contributed by atoms with Crippen LogP contribution in [0.4, 0.5) is 79.8 Å². The van der Waals surface area contributed by atoms with Gasteiger partial charge >= 0.3 is 53.9 Å². The second-order valence-corrected chi connectivity index (χ2v) is 34.0. The summed E-state index contributed by atoms with van der Waals surface area (Å²) in [5.74, 6) is -0.621. The number of carboxylic acids is 1. The van der Waals surface area contributed by atoms with Crippen LogP contribution >= 0.6 is 15.9 Å². The van der Waals surface area contributed by atoms with Gasteiger partial charge in [-0.3, -0.25) is 39.2 Å². The maximum absolute atomic E-state index is 13.4.